The summed E-state index contributed by atoms with van der Waals surface area (Å²) >= 11 is 5.06. The smallest absolute Gasteiger partial charge is 0.231 e. The molecule has 4 nitrogen and oxygen atoms in total. The fraction of sp³-hybridized carbons (Fsp3) is 0.133. The van der Waals surface area contributed by atoms with E-state index in [9.17, 15) is 0 Å². The molecule has 0 aliphatic carbocycles. The van der Waals surface area contributed by atoms with Crippen LogP contribution in [0.5, 0.6) is 23.0 Å². The van der Waals surface area contributed by atoms with Gasteiger partial charge < -0.3 is 19.9 Å². The molecule has 0 atom stereocenters. The van der Waals surface area contributed by atoms with Gasteiger partial charge in [0, 0.05) is 6.07 Å². The van der Waals surface area contributed by atoms with Gasteiger partial charge in [-0.15, -0.1) is 0 Å². The summed E-state index contributed by atoms with van der Waals surface area (Å²) in [6.45, 7) is 2.19. The quantitative estimate of drug-likeness (QED) is 0.879. The first-order chi connectivity index (χ1) is 9.65. The lowest BCUT2D eigenvalue weighted by Gasteiger charge is -2.13. The first kappa shape index (κ1) is 12.7. The molecule has 3 rings (SSSR count). The minimum absolute atomic E-state index is 0.237. The average Bonchev–Trinajstić information content (AvgIpc) is 2.88. The van der Waals surface area contributed by atoms with Crippen molar-refractivity contribution in [2.45, 2.75) is 6.92 Å². The Morgan fingerprint density at radius 3 is 2.80 bits per heavy atom. The Kier molecular flexibility index (Phi) is 3.20. The van der Waals surface area contributed by atoms with Crippen molar-refractivity contribution in [3.05, 3.63) is 47.5 Å². The molecule has 2 aromatic carbocycles. The van der Waals surface area contributed by atoms with Crippen LogP contribution in [0.2, 0.25) is 0 Å². The molecule has 20 heavy (non-hydrogen) atoms. The van der Waals surface area contributed by atoms with E-state index >= 15 is 0 Å². The topological polar surface area (TPSA) is 53.7 Å². The van der Waals surface area contributed by atoms with Gasteiger partial charge in [0.15, 0.2) is 11.5 Å². The molecule has 1 aliphatic heterocycles. The van der Waals surface area contributed by atoms with Gasteiger partial charge in [0.25, 0.3) is 0 Å². The SMILES string of the molecule is Cc1cccc(C(N)=S)c1Oc1ccc2c(c1)OCO2. The van der Waals surface area contributed by atoms with Crippen molar-refractivity contribution in [3.63, 3.8) is 0 Å². The molecule has 102 valence electrons. The van der Waals surface area contributed by atoms with Crippen LogP contribution in [0.15, 0.2) is 36.4 Å². The lowest BCUT2D eigenvalue weighted by Crippen LogP contribution is -2.11. The van der Waals surface area contributed by atoms with Gasteiger partial charge >= 0.3 is 0 Å². The molecule has 1 aliphatic rings. The first-order valence-corrected chi connectivity index (χ1v) is 6.53. The molecule has 1 heterocycles. The van der Waals surface area contributed by atoms with Crippen LogP contribution in [0.1, 0.15) is 11.1 Å². The van der Waals surface area contributed by atoms with Crippen LogP contribution in [0, 0.1) is 6.92 Å². The Morgan fingerprint density at radius 2 is 2.00 bits per heavy atom. The first-order valence-electron chi connectivity index (χ1n) is 6.12. The zero-order chi connectivity index (χ0) is 14.1. The van der Waals surface area contributed by atoms with E-state index in [2.05, 4.69) is 0 Å². The van der Waals surface area contributed by atoms with Crippen LogP contribution < -0.4 is 19.9 Å². The molecule has 0 radical (unpaired) electrons. The van der Waals surface area contributed by atoms with Crippen molar-refractivity contribution in [2.24, 2.45) is 5.73 Å². The molecule has 2 N–H and O–H groups in total. The average molecular weight is 287 g/mol. The Balaban J connectivity index is 1.97. The molecular weight excluding hydrogens is 274 g/mol. The molecule has 0 aromatic heterocycles. The maximum Gasteiger partial charge on any atom is 0.231 e. The summed E-state index contributed by atoms with van der Waals surface area (Å²) in [4.78, 5) is 0.310. The van der Waals surface area contributed by atoms with Crippen LogP contribution in [0.4, 0.5) is 0 Å². The second-order valence-corrected chi connectivity index (χ2v) is 4.87. The standard InChI is InChI=1S/C15H13NO3S/c1-9-3-2-4-11(15(16)20)14(9)19-10-5-6-12-13(7-10)18-8-17-12/h2-7H,8H2,1H3,(H2,16,20). The van der Waals surface area contributed by atoms with Crippen LogP contribution in [-0.4, -0.2) is 11.8 Å². The summed E-state index contributed by atoms with van der Waals surface area (Å²) in [5, 5.41) is 0. The fourth-order valence-corrected chi connectivity index (χ4v) is 2.20. The van der Waals surface area contributed by atoms with Crippen molar-refractivity contribution in [2.75, 3.05) is 6.79 Å². The van der Waals surface area contributed by atoms with E-state index in [-0.39, 0.29) is 6.79 Å². The lowest BCUT2D eigenvalue weighted by molar-refractivity contribution is 0.174. The van der Waals surface area contributed by atoms with Gasteiger partial charge in [-0.05, 0) is 30.7 Å². The van der Waals surface area contributed by atoms with Crippen molar-refractivity contribution >= 4 is 17.2 Å². The zero-order valence-electron chi connectivity index (χ0n) is 10.9. The molecule has 0 spiro atoms. The number of benzene rings is 2. The second-order valence-electron chi connectivity index (χ2n) is 4.43. The maximum absolute atomic E-state index is 5.92. The van der Waals surface area contributed by atoms with Gasteiger partial charge in [0.2, 0.25) is 6.79 Å². The summed E-state index contributed by atoms with van der Waals surface area (Å²) < 4.78 is 16.5. The van der Waals surface area contributed by atoms with Crippen molar-refractivity contribution in [1.82, 2.24) is 0 Å². The van der Waals surface area contributed by atoms with Gasteiger partial charge in [-0.1, -0.05) is 24.4 Å². The number of hydrogen-bond donors (Lipinski definition) is 1. The van der Waals surface area contributed by atoms with Crippen LogP contribution in [0.25, 0.3) is 0 Å². The van der Waals surface area contributed by atoms with Gasteiger partial charge in [0.05, 0.1) is 5.56 Å². The van der Waals surface area contributed by atoms with Crippen LogP contribution in [-0.2, 0) is 0 Å². The number of aryl methyl sites for hydroxylation is 1. The highest BCUT2D eigenvalue weighted by molar-refractivity contribution is 7.80. The van der Waals surface area contributed by atoms with Gasteiger partial charge in [-0.25, -0.2) is 0 Å². The summed E-state index contributed by atoms with van der Waals surface area (Å²) in [5.74, 6) is 2.71. The Bertz CT molecular complexity index is 685. The number of ether oxygens (including phenoxy) is 3. The third-order valence-electron chi connectivity index (χ3n) is 3.04. The predicted octanol–water partition coefficient (Wildman–Crippen LogP) is 3.15. The van der Waals surface area contributed by atoms with Crippen molar-refractivity contribution in [1.29, 1.82) is 0 Å². The minimum atomic E-state index is 0.237. The van der Waals surface area contributed by atoms with Crippen molar-refractivity contribution in [3.8, 4) is 23.0 Å². The van der Waals surface area contributed by atoms with E-state index in [1.54, 1.807) is 6.07 Å². The number of fused-ring (bicyclic) bond motifs is 1. The summed E-state index contributed by atoms with van der Waals surface area (Å²) in [6.07, 6.45) is 0. The highest BCUT2D eigenvalue weighted by Crippen LogP contribution is 2.37. The van der Waals surface area contributed by atoms with Crippen LogP contribution >= 0.6 is 12.2 Å². The number of nitrogens with two attached hydrogens (primary N) is 1. The minimum Gasteiger partial charge on any atom is -0.456 e. The lowest BCUT2D eigenvalue weighted by atomic mass is 10.1. The molecule has 0 amide bonds. The van der Waals surface area contributed by atoms with E-state index in [1.807, 2.05) is 37.3 Å². The third-order valence-corrected chi connectivity index (χ3v) is 3.26. The fourth-order valence-electron chi connectivity index (χ4n) is 2.04. The summed E-state index contributed by atoms with van der Waals surface area (Å²) in [5.41, 5.74) is 7.42. The van der Waals surface area contributed by atoms with Crippen molar-refractivity contribution < 1.29 is 14.2 Å². The number of rotatable bonds is 3. The zero-order valence-corrected chi connectivity index (χ0v) is 11.7. The van der Waals surface area contributed by atoms with E-state index in [0.29, 0.717) is 22.2 Å². The molecule has 2 aromatic rings. The van der Waals surface area contributed by atoms with Gasteiger partial charge in [-0.2, -0.15) is 0 Å². The van der Waals surface area contributed by atoms with E-state index in [0.717, 1.165) is 16.9 Å². The highest BCUT2D eigenvalue weighted by atomic mass is 32.1. The maximum atomic E-state index is 5.92. The third kappa shape index (κ3) is 2.28. The van der Waals surface area contributed by atoms with E-state index in [1.165, 1.54) is 0 Å². The molecule has 0 saturated heterocycles. The van der Waals surface area contributed by atoms with E-state index < -0.39 is 0 Å². The molecule has 5 heteroatoms. The van der Waals surface area contributed by atoms with Gasteiger partial charge in [0.1, 0.15) is 16.5 Å². The predicted molar refractivity (Wildman–Crippen MR) is 79.7 cm³/mol. The Morgan fingerprint density at radius 1 is 1.20 bits per heavy atom. The molecule has 0 fully saturated rings. The van der Waals surface area contributed by atoms with Crippen LogP contribution in [0.3, 0.4) is 0 Å². The molecule has 0 unspecified atom stereocenters. The number of thiocarbonyl (C=S) groups is 1. The highest BCUT2D eigenvalue weighted by Gasteiger charge is 2.16. The summed E-state index contributed by atoms with van der Waals surface area (Å²) in [6, 6.07) is 11.1. The van der Waals surface area contributed by atoms with Gasteiger partial charge in [-0.3, -0.25) is 0 Å². The largest absolute Gasteiger partial charge is 0.456 e. The molecule has 0 bridgehead atoms. The second kappa shape index (κ2) is 5.02. The normalized spacial score (nSPS) is 12.2. The summed E-state index contributed by atoms with van der Waals surface area (Å²) in [7, 11) is 0. The monoisotopic (exact) mass is 287 g/mol. The number of hydrogen-bond acceptors (Lipinski definition) is 4. The molecular formula is C15H13NO3S. The van der Waals surface area contributed by atoms with E-state index in [4.69, 9.17) is 32.2 Å². The Hall–Kier alpha value is -2.27. The Labute approximate surface area is 122 Å². The number of para-hydroxylation sites is 1. The molecule has 0 saturated carbocycles.